The molecule has 0 atom stereocenters. The normalized spacial score (nSPS) is 10.7. The second-order valence-electron chi connectivity index (χ2n) is 8.65. The number of fused-ring (bicyclic) bond motifs is 1. The Morgan fingerprint density at radius 1 is 1.27 bits per heavy atom. The molecule has 0 fully saturated rings. The number of nitrogens with zero attached hydrogens (tertiary/aromatic N) is 5. The second-order valence-corrected chi connectivity index (χ2v) is 9.04. The molecule has 0 spiro atoms. The van der Waals surface area contributed by atoms with Gasteiger partial charge < -0.3 is 34.1 Å². The van der Waals surface area contributed by atoms with Crippen LogP contribution in [0.4, 0.5) is 5.82 Å². The monoisotopic (exact) mass is 572 g/mol. The molecule has 13 heteroatoms. The minimum absolute atomic E-state index is 0. The maximum Gasteiger partial charge on any atom is 0.277 e. The van der Waals surface area contributed by atoms with Crippen molar-refractivity contribution in [3.63, 3.8) is 0 Å². The lowest BCUT2D eigenvalue weighted by atomic mass is 10.1. The van der Waals surface area contributed by atoms with Crippen molar-refractivity contribution < 1.29 is 26.6 Å². The number of carbonyl (C=O) groups excluding carboxylic acids is 2. The molecule has 0 aliphatic heterocycles. The lowest BCUT2D eigenvalue weighted by molar-refractivity contribution is -0.676. The molecule has 2 heterocycles. The van der Waals surface area contributed by atoms with Gasteiger partial charge in [-0.05, 0) is 31.9 Å². The molecule has 1 aromatic carbocycles. The summed E-state index contributed by atoms with van der Waals surface area (Å²) in [5.74, 6) is 0.734. The molecule has 0 saturated heterocycles. The number of hydrogen-bond acceptors (Lipinski definition) is 6. The summed E-state index contributed by atoms with van der Waals surface area (Å²) in [4.78, 5) is 35.7. The van der Waals surface area contributed by atoms with E-state index in [9.17, 15) is 9.59 Å². The maximum absolute atomic E-state index is 13.3. The minimum atomic E-state index is -0.463. The molecule has 3 rings (SSSR count). The molecular formula is C24H35Cl3N8O2. The van der Waals surface area contributed by atoms with E-state index in [-0.39, 0.29) is 53.9 Å². The van der Waals surface area contributed by atoms with Gasteiger partial charge in [0.1, 0.15) is 11.7 Å². The third-order valence-corrected chi connectivity index (χ3v) is 5.91. The first kappa shape index (κ1) is 32.4. The van der Waals surface area contributed by atoms with E-state index in [2.05, 4.69) is 38.3 Å². The Kier molecular flexibility index (Phi) is 12.5. The molecule has 0 bridgehead atoms. The van der Waals surface area contributed by atoms with Crippen molar-refractivity contribution in [3.8, 4) is 0 Å². The van der Waals surface area contributed by atoms with Crippen molar-refractivity contribution in [2.24, 2.45) is 11.7 Å². The van der Waals surface area contributed by atoms with Gasteiger partial charge in [0.15, 0.2) is 22.5 Å². The van der Waals surface area contributed by atoms with Gasteiger partial charge in [-0.15, -0.1) is 12.4 Å². The molecule has 0 saturated carbocycles. The fourth-order valence-electron chi connectivity index (χ4n) is 4.26. The average Bonchev–Trinajstić information content (AvgIpc) is 3.14. The summed E-state index contributed by atoms with van der Waals surface area (Å²) in [5, 5.41) is 2.97. The summed E-state index contributed by atoms with van der Waals surface area (Å²) in [5.41, 5.74) is 14.1. The highest BCUT2D eigenvalue weighted by atomic mass is 35.5. The molecule has 204 valence electrons. The van der Waals surface area contributed by atoms with Crippen molar-refractivity contribution >= 4 is 52.7 Å². The third kappa shape index (κ3) is 7.22. The average molecular weight is 574 g/mol. The Bertz CT molecular complexity index is 1230. The van der Waals surface area contributed by atoms with Crippen LogP contribution in [0.15, 0.2) is 24.4 Å². The van der Waals surface area contributed by atoms with E-state index in [4.69, 9.17) is 23.1 Å². The van der Waals surface area contributed by atoms with Crippen LogP contribution in [-0.2, 0) is 19.6 Å². The first-order chi connectivity index (χ1) is 16.7. The van der Waals surface area contributed by atoms with E-state index in [0.29, 0.717) is 44.2 Å². The highest BCUT2D eigenvalue weighted by Gasteiger charge is 2.26. The van der Waals surface area contributed by atoms with Crippen LogP contribution in [0.1, 0.15) is 54.4 Å². The number of nitrogens with two attached hydrogens (primary N) is 2. The van der Waals surface area contributed by atoms with E-state index in [1.807, 2.05) is 32.0 Å². The van der Waals surface area contributed by atoms with Crippen LogP contribution in [0.2, 0.25) is 5.15 Å². The summed E-state index contributed by atoms with van der Waals surface area (Å²) in [6.45, 7) is 11.4. The van der Waals surface area contributed by atoms with Crippen LogP contribution in [0.25, 0.3) is 11.0 Å². The molecule has 0 radical (unpaired) electrons. The van der Waals surface area contributed by atoms with Gasteiger partial charge in [-0.25, -0.2) is 19.1 Å². The Morgan fingerprint density at radius 3 is 2.57 bits per heavy atom. The van der Waals surface area contributed by atoms with Crippen LogP contribution in [0.3, 0.4) is 0 Å². The number of benzene rings is 1. The standard InChI is InChI=1S/C24H33ClN8O2.2ClH/c1-5-32-17-8-7-16(24(35)31(10-9-26)14-15(3)4)11-18(17)33(6-2)20(32)13-29-23(34)21-22(27)28-12-19(25)30-21;;/h7-8,11-12,15H,5-6,9-10,13-14,26H2,1-4H3,(H2-,27,28,29,34);2*1H. The Hall–Kier alpha value is -2.66. The smallest absolute Gasteiger partial charge is 0.277 e. The number of aromatic nitrogens is 4. The summed E-state index contributed by atoms with van der Waals surface area (Å²) in [7, 11) is 0. The van der Waals surface area contributed by atoms with E-state index in [1.54, 1.807) is 4.90 Å². The third-order valence-electron chi connectivity index (χ3n) is 5.72. The number of nitrogen functional groups attached to an aromatic ring is 1. The van der Waals surface area contributed by atoms with Gasteiger partial charge in [0, 0.05) is 31.3 Å². The number of amides is 2. The summed E-state index contributed by atoms with van der Waals surface area (Å²) < 4.78 is 4.21. The summed E-state index contributed by atoms with van der Waals surface area (Å²) in [6.07, 6.45) is 1.29. The second kappa shape index (κ2) is 14.3. The quantitative estimate of drug-likeness (QED) is 0.277. The number of hydrogen-bond donors (Lipinski definition) is 3. The van der Waals surface area contributed by atoms with Gasteiger partial charge >= 0.3 is 0 Å². The number of rotatable bonds is 10. The predicted octanol–water partition coefficient (Wildman–Crippen LogP) is -0.593. The lowest BCUT2D eigenvalue weighted by Gasteiger charge is -2.24. The molecule has 0 aliphatic rings. The molecule has 2 aromatic heterocycles. The van der Waals surface area contributed by atoms with Gasteiger partial charge in [0.05, 0.1) is 19.3 Å². The van der Waals surface area contributed by atoms with Crippen molar-refractivity contribution in [2.45, 2.75) is 47.3 Å². The Balaban J connectivity index is 0.00000342. The zero-order valence-corrected chi connectivity index (χ0v) is 23.8. The number of carbonyl (C=O) groups is 2. The van der Waals surface area contributed by atoms with Gasteiger partial charge in [0.25, 0.3) is 17.6 Å². The Morgan fingerprint density at radius 2 is 1.97 bits per heavy atom. The molecule has 5 N–H and O–H groups in total. The van der Waals surface area contributed by atoms with Crippen LogP contribution in [-0.4, -0.2) is 50.9 Å². The Labute approximate surface area is 234 Å². The van der Waals surface area contributed by atoms with Gasteiger partial charge in [-0.2, -0.15) is 0 Å². The lowest BCUT2D eigenvalue weighted by Crippen LogP contribution is -3.00. The van der Waals surface area contributed by atoms with E-state index < -0.39 is 5.91 Å². The van der Waals surface area contributed by atoms with E-state index in [0.717, 1.165) is 16.9 Å². The number of nitrogens with one attached hydrogen (secondary N) is 1. The van der Waals surface area contributed by atoms with Gasteiger partial charge in [-0.1, -0.05) is 25.4 Å². The number of halogens is 3. The zero-order valence-electron chi connectivity index (χ0n) is 21.5. The number of anilines is 1. The van der Waals surface area contributed by atoms with Crippen molar-refractivity contribution in [1.29, 1.82) is 0 Å². The van der Waals surface area contributed by atoms with Crippen molar-refractivity contribution in [3.05, 3.63) is 46.6 Å². The van der Waals surface area contributed by atoms with E-state index >= 15 is 0 Å². The summed E-state index contributed by atoms with van der Waals surface area (Å²) in [6, 6.07) is 5.73. The molecular weight excluding hydrogens is 539 g/mol. The molecule has 3 aromatic rings. The number of imidazole rings is 1. The SMILES string of the molecule is CCn1c(CNC(=O)c2nc(Cl)cnc2N)[n+](CC)c2ccc(C(=O)N(CCN)CC(C)C)cc21.Cl.[Cl-]. The summed E-state index contributed by atoms with van der Waals surface area (Å²) >= 11 is 5.88. The van der Waals surface area contributed by atoms with E-state index in [1.165, 1.54) is 6.20 Å². The van der Waals surface area contributed by atoms with Crippen LogP contribution >= 0.6 is 24.0 Å². The first-order valence-electron chi connectivity index (χ1n) is 11.8. The predicted molar refractivity (Wildman–Crippen MR) is 143 cm³/mol. The fourth-order valence-corrected chi connectivity index (χ4v) is 4.40. The molecule has 0 unspecified atom stereocenters. The highest BCUT2D eigenvalue weighted by molar-refractivity contribution is 6.29. The highest BCUT2D eigenvalue weighted by Crippen LogP contribution is 2.19. The maximum atomic E-state index is 13.3. The van der Waals surface area contributed by atoms with Gasteiger partial charge in [-0.3, -0.25) is 9.59 Å². The largest absolute Gasteiger partial charge is 1.00 e. The number of aryl methyl sites for hydroxylation is 2. The molecule has 0 aliphatic carbocycles. The van der Waals surface area contributed by atoms with Crippen molar-refractivity contribution in [1.82, 2.24) is 24.8 Å². The van der Waals surface area contributed by atoms with Gasteiger partial charge in [0.2, 0.25) is 0 Å². The minimum Gasteiger partial charge on any atom is -1.00 e. The zero-order chi connectivity index (χ0) is 25.7. The van der Waals surface area contributed by atoms with Crippen LogP contribution < -0.4 is 33.8 Å². The molecule has 2 amide bonds. The van der Waals surface area contributed by atoms with Crippen LogP contribution in [0.5, 0.6) is 0 Å². The molecule has 10 nitrogen and oxygen atoms in total. The first-order valence-corrected chi connectivity index (χ1v) is 12.2. The molecule has 37 heavy (non-hydrogen) atoms. The van der Waals surface area contributed by atoms with Crippen molar-refractivity contribution in [2.75, 3.05) is 25.4 Å². The van der Waals surface area contributed by atoms with Crippen LogP contribution in [0, 0.1) is 5.92 Å². The topological polar surface area (TPSA) is 136 Å². The fraction of sp³-hybridized carbons (Fsp3) is 0.458.